The van der Waals surface area contributed by atoms with Crippen molar-refractivity contribution >= 4 is 11.8 Å². The highest BCUT2D eigenvalue weighted by Gasteiger charge is 2.06. The van der Waals surface area contributed by atoms with Gasteiger partial charge in [0.25, 0.3) is 11.8 Å². The molecule has 1 aliphatic rings. The van der Waals surface area contributed by atoms with Crippen LogP contribution in [-0.2, 0) is 9.59 Å². The Morgan fingerprint density at radius 1 is 1.42 bits per heavy atom. The fourth-order valence-corrected chi connectivity index (χ4v) is 0.356. The number of aliphatic hydroxyl groups is 2. The van der Waals surface area contributed by atoms with Crippen molar-refractivity contribution < 1.29 is 19.8 Å². The molecule has 68 valence electrons. The minimum Gasteiger partial charge on any atom is -0.394 e. The first-order valence-corrected chi connectivity index (χ1v) is 3.38. The zero-order valence-corrected chi connectivity index (χ0v) is 6.65. The summed E-state index contributed by atoms with van der Waals surface area (Å²) in [4.78, 5) is 20.1. The largest absolute Gasteiger partial charge is 0.394 e. The fourth-order valence-electron chi connectivity index (χ4n) is 0.356. The lowest BCUT2D eigenvalue weighted by Crippen LogP contribution is -2.19. The van der Waals surface area contributed by atoms with E-state index in [1.165, 1.54) is 19.1 Å². The topological polar surface area (TPSA) is 86.6 Å². The molecular formula is C7H11NO4. The Morgan fingerprint density at radius 3 is 1.83 bits per heavy atom. The van der Waals surface area contributed by atoms with Gasteiger partial charge in [0.15, 0.2) is 0 Å². The van der Waals surface area contributed by atoms with Gasteiger partial charge in [-0.05, 0) is 6.92 Å². The van der Waals surface area contributed by atoms with Crippen LogP contribution in [0.5, 0.6) is 0 Å². The van der Waals surface area contributed by atoms with Gasteiger partial charge in [0.1, 0.15) is 0 Å². The van der Waals surface area contributed by atoms with Crippen molar-refractivity contribution in [2.75, 3.05) is 6.61 Å². The number of imide groups is 1. The Labute approximate surface area is 69.7 Å². The SMILES string of the molecule is CC(O)CO.O=C1C=CC(=O)N1. The summed E-state index contributed by atoms with van der Waals surface area (Å²) >= 11 is 0. The molecule has 0 saturated heterocycles. The molecule has 1 heterocycles. The molecule has 0 aromatic heterocycles. The van der Waals surface area contributed by atoms with Gasteiger partial charge in [0.2, 0.25) is 0 Å². The number of nitrogens with one attached hydrogen (secondary N) is 1. The average molecular weight is 173 g/mol. The maximum Gasteiger partial charge on any atom is 0.250 e. The van der Waals surface area contributed by atoms with Crippen molar-refractivity contribution in [1.82, 2.24) is 5.32 Å². The molecule has 0 fully saturated rings. The molecule has 0 aliphatic carbocycles. The number of carbonyl (C=O) groups is 2. The predicted octanol–water partition coefficient (Wildman–Crippen LogP) is -1.44. The third-order valence-corrected chi connectivity index (χ3v) is 0.897. The lowest BCUT2D eigenvalue weighted by molar-refractivity contribution is -0.123. The van der Waals surface area contributed by atoms with Crippen molar-refractivity contribution in [2.45, 2.75) is 13.0 Å². The van der Waals surface area contributed by atoms with E-state index in [-0.39, 0.29) is 18.4 Å². The maximum atomic E-state index is 10.0. The second-order valence-electron chi connectivity index (χ2n) is 2.22. The summed E-state index contributed by atoms with van der Waals surface area (Å²) in [5.41, 5.74) is 0. The summed E-state index contributed by atoms with van der Waals surface area (Å²) < 4.78 is 0. The molecule has 1 atom stereocenters. The highest BCUT2D eigenvalue weighted by atomic mass is 16.3. The Morgan fingerprint density at radius 2 is 1.75 bits per heavy atom. The summed E-state index contributed by atoms with van der Waals surface area (Å²) in [5, 5.41) is 18.0. The summed E-state index contributed by atoms with van der Waals surface area (Å²) in [7, 11) is 0. The quantitative estimate of drug-likeness (QED) is 0.424. The normalized spacial score (nSPS) is 16.6. The molecule has 5 heteroatoms. The van der Waals surface area contributed by atoms with Gasteiger partial charge in [-0.3, -0.25) is 14.9 Å². The second-order valence-corrected chi connectivity index (χ2v) is 2.22. The predicted molar refractivity (Wildman–Crippen MR) is 41.1 cm³/mol. The molecular weight excluding hydrogens is 162 g/mol. The van der Waals surface area contributed by atoms with Gasteiger partial charge < -0.3 is 10.2 Å². The molecule has 0 aromatic rings. The van der Waals surface area contributed by atoms with E-state index in [4.69, 9.17) is 10.2 Å². The van der Waals surface area contributed by atoms with Crippen LogP contribution in [0.3, 0.4) is 0 Å². The lowest BCUT2D eigenvalue weighted by Gasteiger charge is -1.90. The number of aliphatic hydroxyl groups excluding tert-OH is 2. The van der Waals surface area contributed by atoms with Crippen LogP contribution in [0.25, 0.3) is 0 Å². The molecule has 12 heavy (non-hydrogen) atoms. The molecule has 1 unspecified atom stereocenters. The first-order valence-electron chi connectivity index (χ1n) is 3.38. The number of carbonyl (C=O) groups excluding carboxylic acids is 2. The van der Waals surface area contributed by atoms with Gasteiger partial charge in [0, 0.05) is 12.2 Å². The van der Waals surface area contributed by atoms with Crippen molar-refractivity contribution in [3.63, 3.8) is 0 Å². The van der Waals surface area contributed by atoms with Crippen LogP contribution in [0.2, 0.25) is 0 Å². The van der Waals surface area contributed by atoms with Crippen molar-refractivity contribution in [2.24, 2.45) is 0 Å². The minimum atomic E-state index is -0.560. The number of amides is 2. The summed E-state index contributed by atoms with van der Waals surface area (Å²) in [6.45, 7) is 1.39. The van der Waals surface area contributed by atoms with E-state index in [1.807, 2.05) is 5.32 Å². The third-order valence-electron chi connectivity index (χ3n) is 0.897. The Hall–Kier alpha value is -1.20. The highest BCUT2D eigenvalue weighted by Crippen LogP contribution is 1.82. The van der Waals surface area contributed by atoms with E-state index in [0.29, 0.717) is 0 Å². The molecule has 0 saturated carbocycles. The van der Waals surface area contributed by atoms with Crippen LogP contribution in [0.4, 0.5) is 0 Å². The summed E-state index contributed by atoms with van der Waals surface area (Å²) in [6, 6.07) is 0. The monoisotopic (exact) mass is 173 g/mol. The molecule has 0 aromatic carbocycles. The maximum absolute atomic E-state index is 10.0. The molecule has 1 aliphatic heterocycles. The zero-order valence-electron chi connectivity index (χ0n) is 6.65. The standard InChI is InChI=1S/C4H3NO2.C3H8O2/c6-3-1-2-4(7)5-3;1-3(5)2-4/h1-2H,(H,5,6,7);3-5H,2H2,1H3. The van der Waals surface area contributed by atoms with Gasteiger partial charge in [-0.2, -0.15) is 0 Å². The molecule has 5 nitrogen and oxygen atoms in total. The lowest BCUT2D eigenvalue weighted by atomic mass is 10.5. The van der Waals surface area contributed by atoms with Crippen molar-refractivity contribution in [3.05, 3.63) is 12.2 Å². The van der Waals surface area contributed by atoms with Crippen molar-refractivity contribution in [3.8, 4) is 0 Å². The second kappa shape index (κ2) is 5.45. The summed E-state index contributed by atoms with van der Waals surface area (Å²) in [6.07, 6.45) is 1.83. The molecule has 0 bridgehead atoms. The van der Waals surface area contributed by atoms with Crippen LogP contribution >= 0.6 is 0 Å². The van der Waals surface area contributed by atoms with E-state index in [2.05, 4.69) is 0 Å². The Balaban J connectivity index is 0.000000217. The molecule has 3 N–H and O–H groups in total. The van der Waals surface area contributed by atoms with E-state index >= 15 is 0 Å². The van der Waals surface area contributed by atoms with Gasteiger partial charge in [-0.1, -0.05) is 0 Å². The number of hydrogen-bond donors (Lipinski definition) is 3. The highest BCUT2D eigenvalue weighted by molar-refractivity contribution is 6.12. The van der Waals surface area contributed by atoms with Crippen LogP contribution < -0.4 is 5.32 Å². The molecule has 1 rings (SSSR count). The van der Waals surface area contributed by atoms with E-state index < -0.39 is 6.10 Å². The number of hydrogen-bond acceptors (Lipinski definition) is 4. The third kappa shape index (κ3) is 5.57. The minimum absolute atomic E-state index is 0.139. The van der Waals surface area contributed by atoms with Gasteiger partial charge in [-0.15, -0.1) is 0 Å². The first kappa shape index (κ1) is 10.8. The smallest absolute Gasteiger partial charge is 0.250 e. The van der Waals surface area contributed by atoms with E-state index in [9.17, 15) is 9.59 Å². The molecule has 2 amide bonds. The van der Waals surface area contributed by atoms with Crippen molar-refractivity contribution in [1.29, 1.82) is 0 Å². The van der Waals surface area contributed by atoms with Gasteiger partial charge >= 0.3 is 0 Å². The summed E-state index contributed by atoms with van der Waals surface area (Å²) in [5.74, 6) is -0.657. The van der Waals surface area contributed by atoms with Crippen LogP contribution in [0, 0.1) is 0 Å². The van der Waals surface area contributed by atoms with E-state index in [0.717, 1.165) is 0 Å². The Kier molecular flexibility index (Phi) is 4.91. The van der Waals surface area contributed by atoms with Gasteiger partial charge in [-0.25, -0.2) is 0 Å². The zero-order chi connectivity index (χ0) is 9.56. The number of rotatable bonds is 1. The molecule has 0 radical (unpaired) electrons. The fraction of sp³-hybridized carbons (Fsp3) is 0.429. The van der Waals surface area contributed by atoms with Crippen LogP contribution in [0.1, 0.15) is 6.92 Å². The Bertz CT molecular complexity index is 182. The first-order chi connectivity index (χ1) is 5.56. The van der Waals surface area contributed by atoms with Crippen LogP contribution in [0.15, 0.2) is 12.2 Å². The van der Waals surface area contributed by atoms with E-state index in [1.54, 1.807) is 0 Å². The molecule has 0 spiro atoms. The average Bonchev–Trinajstić information content (AvgIpc) is 2.36. The van der Waals surface area contributed by atoms with Gasteiger partial charge in [0.05, 0.1) is 12.7 Å². The van der Waals surface area contributed by atoms with Crippen LogP contribution in [-0.4, -0.2) is 34.7 Å².